The molecule has 0 spiro atoms. The summed E-state index contributed by atoms with van der Waals surface area (Å²) in [6.45, 7) is 7.52. The summed E-state index contributed by atoms with van der Waals surface area (Å²) in [5.74, 6) is 2.00. The Kier molecular flexibility index (Phi) is 8.81. The average molecular weight is 647 g/mol. The standard InChI is InChI=1S/C33H35ClN6O6/c1-33(2,3)46-32(41)39-15-21-10-20(11-22(21)16-39)17-44-30-14-27-25(13-28(30)40(42)43)31(37-19-36-27)38-23-7-8-29(26(34)12-23)45-18-24-6-4-5-9-35-24/h4-9,12-14,19-22H,10-11,15-18H2,1-3H3,(H,36,37,38). The van der Waals surface area contributed by atoms with Crippen LogP contribution in [0.3, 0.4) is 0 Å². The minimum atomic E-state index is -0.531. The number of hydrogen-bond acceptors (Lipinski definition) is 10. The van der Waals surface area contributed by atoms with Gasteiger partial charge in [0.05, 0.1) is 33.1 Å². The van der Waals surface area contributed by atoms with Gasteiger partial charge in [0.2, 0.25) is 0 Å². The minimum absolute atomic E-state index is 0.159. The van der Waals surface area contributed by atoms with Crippen LogP contribution in [0.15, 0.2) is 61.1 Å². The molecule has 2 unspecified atom stereocenters. The van der Waals surface area contributed by atoms with Crippen LogP contribution in [-0.2, 0) is 11.3 Å². The Balaban J connectivity index is 1.11. The summed E-state index contributed by atoms with van der Waals surface area (Å²) in [5.41, 5.74) is 1.19. The lowest BCUT2D eigenvalue weighted by Gasteiger charge is -2.25. The van der Waals surface area contributed by atoms with Crippen molar-refractivity contribution in [2.45, 2.75) is 45.8 Å². The molecule has 240 valence electrons. The summed E-state index contributed by atoms with van der Waals surface area (Å²) >= 11 is 6.48. The lowest BCUT2D eigenvalue weighted by Crippen LogP contribution is -2.36. The second kappa shape index (κ2) is 13.0. The van der Waals surface area contributed by atoms with E-state index in [1.165, 1.54) is 12.4 Å². The summed E-state index contributed by atoms with van der Waals surface area (Å²) in [6.07, 6.45) is 4.58. The predicted octanol–water partition coefficient (Wildman–Crippen LogP) is 7.18. The molecule has 1 N–H and O–H groups in total. The number of nitro groups is 1. The Morgan fingerprint density at radius 3 is 2.50 bits per heavy atom. The molecule has 1 aliphatic heterocycles. The Labute approximate surface area is 271 Å². The summed E-state index contributed by atoms with van der Waals surface area (Å²) < 4.78 is 17.4. The van der Waals surface area contributed by atoms with Crippen molar-refractivity contribution < 1.29 is 23.9 Å². The van der Waals surface area contributed by atoms with Crippen LogP contribution in [0, 0.1) is 27.9 Å². The van der Waals surface area contributed by atoms with E-state index in [0.717, 1.165) is 18.5 Å². The van der Waals surface area contributed by atoms with E-state index in [0.29, 0.717) is 64.7 Å². The molecule has 2 aromatic carbocycles. The highest BCUT2D eigenvalue weighted by molar-refractivity contribution is 6.32. The largest absolute Gasteiger partial charge is 0.486 e. The van der Waals surface area contributed by atoms with Gasteiger partial charge in [0.15, 0.2) is 5.75 Å². The lowest BCUT2D eigenvalue weighted by molar-refractivity contribution is -0.385. The van der Waals surface area contributed by atoms with Gasteiger partial charge in [-0.3, -0.25) is 15.1 Å². The summed E-state index contributed by atoms with van der Waals surface area (Å²) in [7, 11) is 0. The van der Waals surface area contributed by atoms with Crippen LogP contribution in [0.5, 0.6) is 11.5 Å². The maximum Gasteiger partial charge on any atom is 0.410 e. The number of nitro benzene ring substituents is 1. The van der Waals surface area contributed by atoms with Gasteiger partial charge in [-0.2, -0.15) is 0 Å². The zero-order chi connectivity index (χ0) is 32.4. The van der Waals surface area contributed by atoms with Crippen molar-refractivity contribution in [2.75, 3.05) is 25.0 Å². The molecule has 2 aliphatic rings. The third-order valence-electron chi connectivity index (χ3n) is 8.18. The van der Waals surface area contributed by atoms with Crippen LogP contribution in [0.4, 0.5) is 22.0 Å². The third kappa shape index (κ3) is 7.23. The first-order valence-electron chi connectivity index (χ1n) is 15.2. The molecule has 4 aromatic rings. The van der Waals surface area contributed by atoms with Gasteiger partial charge in [0.25, 0.3) is 0 Å². The van der Waals surface area contributed by atoms with Crippen LogP contribution in [0.2, 0.25) is 5.02 Å². The van der Waals surface area contributed by atoms with Gasteiger partial charge in [-0.05, 0) is 81.7 Å². The molecule has 1 amide bonds. The fourth-order valence-electron chi connectivity index (χ4n) is 6.14. The van der Waals surface area contributed by atoms with Crippen LogP contribution >= 0.6 is 11.6 Å². The van der Waals surface area contributed by atoms with E-state index in [2.05, 4.69) is 20.3 Å². The highest BCUT2D eigenvalue weighted by Gasteiger charge is 2.43. The van der Waals surface area contributed by atoms with E-state index in [1.807, 2.05) is 39.0 Å². The van der Waals surface area contributed by atoms with E-state index < -0.39 is 10.5 Å². The summed E-state index contributed by atoms with van der Waals surface area (Å²) in [5, 5.41) is 16.2. The van der Waals surface area contributed by atoms with E-state index in [1.54, 1.807) is 35.4 Å². The Hall–Kier alpha value is -4.71. The molecule has 1 saturated heterocycles. The topological polar surface area (TPSA) is 142 Å². The first-order valence-corrected chi connectivity index (χ1v) is 15.5. The molecule has 13 heteroatoms. The number of carbonyl (C=O) groups excluding carboxylic acids is 1. The molecule has 2 fully saturated rings. The first kappa shape index (κ1) is 31.3. The first-order chi connectivity index (χ1) is 22.0. The van der Waals surface area contributed by atoms with Crippen LogP contribution in [0.1, 0.15) is 39.3 Å². The van der Waals surface area contributed by atoms with Gasteiger partial charge in [-0.15, -0.1) is 0 Å². The van der Waals surface area contributed by atoms with E-state index in [4.69, 9.17) is 25.8 Å². The predicted molar refractivity (Wildman–Crippen MR) is 173 cm³/mol. The van der Waals surface area contributed by atoms with Gasteiger partial charge < -0.3 is 24.4 Å². The number of rotatable bonds is 9. The quantitative estimate of drug-likeness (QED) is 0.147. The number of amides is 1. The molecular formula is C33H35ClN6O6. The molecule has 0 radical (unpaired) electrons. The van der Waals surface area contributed by atoms with E-state index in [-0.39, 0.29) is 30.1 Å². The molecule has 0 bridgehead atoms. The summed E-state index contributed by atoms with van der Waals surface area (Å²) in [6, 6.07) is 13.8. The van der Waals surface area contributed by atoms with Gasteiger partial charge in [-0.25, -0.2) is 14.8 Å². The van der Waals surface area contributed by atoms with E-state index in [9.17, 15) is 14.9 Å². The molecule has 1 aliphatic carbocycles. The van der Waals surface area contributed by atoms with E-state index >= 15 is 0 Å². The van der Waals surface area contributed by atoms with Crippen molar-refractivity contribution in [1.82, 2.24) is 19.9 Å². The van der Waals surface area contributed by atoms with Crippen molar-refractivity contribution in [1.29, 1.82) is 0 Å². The smallest absolute Gasteiger partial charge is 0.410 e. The minimum Gasteiger partial charge on any atom is -0.486 e. The maximum absolute atomic E-state index is 12.5. The molecular weight excluding hydrogens is 612 g/mol. The number of hydrogen-bond donors (Lipinski definition) is 1. The second-order valence-electron chi connectivity index (χ2n) is 12.8. The molecule has 3 heterocycles. The van der Waals surface area contributed by atoms with Gasteiger partial charge >= 0.3 is 11.8 Å². The highest BCUT2D eigenvalue weighted by atomic mass is 35.5. The van der Waals surface area contributed by atoms with Crippen molar-refractivity contribution in [2.24, 2.45) is 17.8 Å². The SMILES string of the molecule is CC(C)(C)OC(=O)N1CC2CC(COc3cc4ncnc(Nc5ccc(OCc6ccccn6)c(Cl)c5)c4cc3[N+](=O)[O-])CC2C1. The molecule has 6 rings (SSSR count). The highest BCUT2D eigenvalue weighted by Crippen LogP contribution is 2.43. The Bertz CT molecular complexity index is 1740. The Morgan fingerprint density at radius 2 is 1.83 bits per heavy atom. The fraction of sp³-hybridized carbons (Fsp3) is 0.394. The zero-order valence-electron chi connectivity index (χ0n) is 25.8. The number of halogens is 1. The van der Waals surface area contributed by atoms with Crippen molar-refractivity contribution in [3.05, 3.63) is 81.9 Å². The monoisotopic (exact) mass is 646 g/mol. The van der Waals surface area contributed by atoms with Crippen molar-refractivity contribution >= 4 is 45.8 Å². The average Bonchev–Trinajstić information content (AvgIpc) is 3.58. The molecule has 2 aromatic heterocycles. The van der Waals surface area contributed by atoms with Crippen molar-refractivity contribution in [3.63, 3.8) is 0 Å². The number of nitrogens with one attached hydrogen (secondary N) is 1. The van der Waals surface area contributed by atoms with Crippen LogP contribution in [0.25, 0.3) is 10.9 Å². The number of aromatic nitrogens is 3. The maximum atomic E-state index is 12.5. The van der Waals surface area contributed by atoms with Gasteiger partial charge in [0.1, 0.15) is 30.1 Å². The lowest BCUT2D eigenvalue weighted by atomic mass is 10.0. The van der Waals surface area contributed by atoms with Gasteiger partial charge in [0, 0.05) is 37.1 Å². The number of benzene rings is 2. The zero-order valence-corrected chi connectivity index (χ0v) is 26.6. The number of pyridine rings is 1. The fourth-order valence-corrected chi connectivity index (χ4v) is 6.38. The van der Waals surface area contributed by atoms with Crippen LogP contribution < -0.4 is 14.8 Å². The van der Waals surface area contributed by atoms with Crippen molar-refractivity contribution in [3.8, 4) is 11.5 Å². The Morgan fingerprint density at radius 1 is 1.04 bits per heavy atom. The number of likely N-dealkylation sites (tertiary alicyclic amines) is 1. The molecule has 2 atom stereocenters. The number of nitrogens with zero attached hydrogens (tertiary/aromatic N) is 5. The molecule has 1 saturated carbocycles. The number of carbonyl (C=O) groups is 1. The summed E-state index contributed by atoms with van der Waals surface area (Å²) in [4.78, 5) is 38.9. The third-order valence-corrected chi connectivity index (χ3v) is 8.48. The van der Waals surface area contributed by atoms with Crippen LogP contribution in [-0.4, -0.2) is 56.2 Å². The van der Waals surface area contributed by atoms with Gasteiger partial charge in [-0.1, -0.05) is 17.7 Å². The number of ether oxygens (including phenoxy) is 3. The molecule has 46 heavy (non-hydrogen) atoms. The molecule has 12 nitrogen and oxygen atoms in total. The number of fused-ring (bicyclic) bond motifs is 2. The second-order valence-corrected chi connectivity index (χ2v) is 13.2. The number of anilines is 2. The normalized spacial score (nSPS) is 19.1.